The Morgan fingerprint density at radius 3 is 2.17 bits per heavy atom. The van der Waals surface area contributed by atoms with Crippen LogP contribution < -0.4 is 10.0 Å². The predicted octanol–water partition coefficient (Wildman–Crippen LogP) is 3.90. The van der Waals surface area contributed by atoms with Crippen LogP contribution in [0, 0.1) is 0 Å². The molecular formula is C24H30N2O3S. The molecule has 0 saturated carbocycles. The van der Waals surface area contributed by atoms with E-state index >= 15 is 0 Å². The van der Waals surface area contributed by atoms with Crippen LogP contribution >= 0.6 is 0 Å². The number of ether oxygens (including phenoxy) is 1. The molecule has 0 heterocycles. The summed E-state index contributed by atoms with van der Waals surface area (Å²) in [4.78, 5) is 0. The van der Waals surface area contributed by atoms with Gasteiger partial charge in [0.1, 0.15) is 0 Å². The van der Waals surface area contributed by atoms with E-state index in [-0.39, 0.29) is 6.04 Å². The van der Waals surface area contributed by atoms with Crippen molar-refractivity contribution in [1.82, 2.24) is 10.0 Å². The molecule has 1 aliphatic rings. The molecule has 0 spiro atoms. The first kappa shape index (κ1) is 22.4. The Labute approximate surface area is 179 Å². The maximum absolute atomic E-state index is 12.1. The predicted molar refractivity (Wildman–Crippen MR) is 122 cm³/mol. The molecule has 30 heavy (non-hydrogen) atoms. The average molecular weight is 427 g/mol. The molecule has 2 aromatic carbocycles. The Morgan fingerprint density at radius 1 is 0.967 bits per heavy atom. The number of allylic oxidation sites excluding steroid dienone is 3. The third kappa shape index (κ3) is 7.22. The highest BCUT2D eigenvalue weighted by Crippen LogP contribution is 2.29. The molecule has 0 amide bonds. The van der Waals surface area contributed by atoms with Gasteiger partial charge in [0.15, 0.2) is 0 Å². The van der Waals surface area contributed by atoms with Gasteiger partial charge in [0.25, 0.3) is 0 Å². The molecule has 6 heteroatoms. The van der Waals surface area contributed by atoms with Crippen molar-refractivity contribution in [3.05, 3.63) is 95.6 Å². The molecule has 2 N–H and O–H groups in total. The fraction of sp³-hybridized carbons (Fsp3) is 0.333. The van der Waals surface area contributed by atoms with E-state index in [1.165, 1.54) is 11.8 Å². The van der Waals surface area contributed by atoms with E-state index in [9.17, 15) is 8.42 Å². The Balaban J connectivity index is 1.71. The minimum absolute atomic E-state index is 0.233. The number of hydrogen-bond acceptors (Lipinski definition) is 4. The summed E-state index contributed by atoms with van der Waals surface area (Å²) in [5.74, 6) is 0. The van der Waals surface area contributed by atoms with Crippen LogP contribution in [0.1, 0.15) is 36.1 Å². The van der Waals surface area contributed by atoms with Crippen molar-refractivity contribution >= 4 is 10.0 Å². The van der Waals surface area contributed by atoms with Crippen LogP contribution in [0.2, 0.25) is 0 Å². The van der Waals surface area contributed by atoms with Gasteiger partial charge in [-0.05, 0) is 29.5 Å². The highest BCUT2D eigenvalue weighted by Gasteiger charge is 2.27. The van der Waals surface area contributed by atoms with Gasteiger partial charge in [0, 0.05) is 6.54 Å². The zero-order valence-electron chi connectivity index (χ0n) is 17.3. The average Bonchev–Trinajstić information content (AvgIpc) is 2.76. The molecule has 1 aliphatic carbocycles. The van der Waals surface area contributed by atoms with Gasteiger partial charge in [-0.15, -0.1) is 0 Å². The summed E-state index contributed by atoms with van der Waals surface area (Å²) in [5.41, 5.74) is 3.23. The number of nitrogens with one attached hydrogen (secondary N) is 2. The van der Waals surface area contributed by atoms with Crippen molar-refractivity contribution in [1.29, 1.82) is 0 Å². The minimum atomic E-state index is -3.41. The Morgan fingerprint density at radius 2 is 1.60 bits per heavy atom. The minimum Gasteiger partial charge on any atom is -0.376 e. The molecule has 3 rings (SSSR count). The van der Waals surface area contributed by atoms with Crippen LogP contribution in [0.15, 0.2) is 84.5 Å². The van der Waals surface area contributed by atoms with Gasteiger partial charge in [-0.25, -0.2) is 13.1 Å². The largest absolute Gasteiger partial charge is 0.376 e. The first-order valence-electron chi connectivity index (χ1n) is 10.3. The smallest absolute Gasteiger partial charge is 0.209 e. The molecule has 2 unspecified atom stereocenters. The summed E-state index contributed by atoms with van der Waals surface area (Å²) >= 11 is 0. The monoisotopic (exact) mass is 426 g/mol. The normalized spacial score (nSPS) is 16.1. The van der Waals surface area contributed by atoms with Crippen molar-refractivity contribution < 1.29 is 13.2 Å². The molecule has 0 aromatic heterocycles. The Bertz CT molecular complexity index is 941. The van der Waals surface area contributed by atoms with Gasteiger partial charge < -0.3 is 10.1 Å². The first-order chi connectivity index (χ1) is 14.5. The van der Waals surface area contributed by atoms with Gasteiger partial charge in [-0.1, -0.05) is 78.9 Å². The molecule has 0 radical (unpaired) electrons. The summed E-state index contributed by atoms with van der Waals surface area (Å²) in [5, 5.41) is 3.51. The first-order valence-corrected chi connectivity index (χ1v) is 12.1. The van der Waals surface area contributed by atoms with Crippen molar-refractivity contribution in [3.63, 3.8) is 0 Å². The number of sulfonamides is 1. The highest BCUT2D eigenvalue weighted by molar-refractivity contribution is 7.88. The number of rotatable bonds is 11. The molecule has 0 fully saturated rings. The van der Waals surface area contributed by atoms with Crippen LogP contribution in [-0.2, 0) is 14.8 Å². The molecule has 0 aliphatic heterocycles. The van der Waals surface area contributed by atoms with Crippen LogP contribution in [0.3, 0.4) is 0 Å². The van der Waals surface area contributed by atoms with Crippen molar-refractivity contribution in [2.75, 3.05) is 26.0 Å². The summed E-state index contributed by atoms with van der Waals surface area (Å²) in [6.07, 6.45) is 9.66. The fourth-order valence-electron chi connectivity index (χ4n) is 3.57. The topological polar surface area (TPSA) is 67.4 Å². The lowest BCUT2D eigenvalue weighted by molar-refractivity contribution is 0.151. The van der Waals surface area contributed by atoms with Crippen LogP contribution in [0.5, 0.6) is 0 Å². The summed E-state index contributed by atoms with van der Waals surface area (Å²) in [6, 6.07) is 18.9. The van der Waals surface area contributed by atoms with E-state index in [0.29, 0.717) is 19.8 Å². The van der Waals surface area contributed by atoms with E-state index in [4.69, 9.17) is 4.74 Å². The number of hydrogen-bond donors (Lipinski definition) is 2. The SMILES string of the molecule is CS(=O)(=O)NC(c1ccccc1)C(NCCOCC1=CC=CCC1)c1ccccc1. The molecule has 0 bridgehead atoms. The van der Waals surface area contributed by atoms with Crippen LogP contribution in [0.4, 0.5) is 0 Å². The lowest BCUT2D eigenvalue weighted by Gasteiger charge is -2.29. The maximum atomic E-state index is 12.1. The van der Waals surface area contributed by atoms with Crippen LogP contribution in [-0.4, -0.2) is 34.4 Å². The summed E-state index contributed by atoms with van der Waals surface area (Å²) in [6.45, 7) is 1.79. The van der Waals surface area contributed by atoms with E-state index in [2.05, 4.69) is 28.3 Å². The summed E-state index contributed by atoms with van der Waals surface area (Å²) in [7, 11) is -3.41. The molecule has 2 aromatic rings. The Hall–Kier alpha value is -2.25. The third-order valence-corrected chi connectivity index (χ3v) is 5.67. The fourth-order valence-corrected chi connectivity index (χ4v) is 4.30. The molecule has 5 nitrogen and oxygen atoms in total. The van der Waals surface area contributed by atoms with Gasteiger partial charge in [-0.2, -0.15) is 0 Å². The third-order valence-electron chi connectivity index (χ3n) is 4.99. The molecule has 2 atom stereocenters. The van der Waals surface area contributed by atoms with Crippen LogP contribution in [0.25, 0.3) is 0 Å². The summed E-state index contributed by atoms with van der Waals surface area (Å²) < 4.78 is 32.9. The van der Waals surface area contributed by atoms with E-state index in [1.807, 2.05) is 60.7 Å². The molecule has 0 saturated heterocycles. The standard InChI is InChI=1S/C24H30N2O3S/c1-30(27,28)26-24(22-15-9-4-10-16-22)23(21-13-7-3-8-14-21)25-17-18-29-19-20-11-5-2-6-12-20/h2-5,7-11,13-16,23-26H,6,12,17-19H2,1H3. The van der Waals surface area contributed by atoms with Crippen molar-refractivity contribution in [2.45, 2.75) is 24.9 Å². The van der Waals surface area contributed by atoms with E-state index in [0.717, 1.165) is 24.0 Å². The molecule has 160 valence electrons. The van der Waals surface area contributed by atoms with Gasteiger partial charge in [0.2, 0.25) is 10.0 Å². The zero-order valence-corrected chi connectivity index (χ0v) is 18.1. The maximum Gasteiger partial charge on any atom is 0.209 e. The lowest BCUT2D eigenvalue weighted by atomic mass is 9.94. The highest BCUT2D eigenvalue weighted by atomic mass is 32.2. The van der Waals surface area contributed by atoms with Crippen molar-refractivity contribution in [3.8, 4) is 0 Å². The van der Waals surface area contributed by atoms with Gasteiger partial charge in [-0.3, -0.25) is 0 Å². The second-order valence-electron chi connectivity index (χ2n) is 7.47. The Kier molecular flexibility index (Phi) is 8.39. The van der Waals surface area contributed by atoms with Gasteiger partial charge >= 0.3 is 0 Å². The van der Waals surface area contributed by atoms with Crippen molar-refractivity contribution in [2.24, 2.45) is 0 Å². The van der Waals surface area contributed by atoms with E-state index < -0.39 is 16.1 Å². The van der Waals surface area contributed by atoms with E-state index in [1.54, 1.807) is 0 Å². The molecular weight excluding hydrogens is 396 g/mol. The second-order valence-corrected chi connectivity index (χ2v) is 9.25. The lowest BCUT2D eigenvalue weighted by Crippen LogP contribution is -2.39. The van der Waals surface area contributed by atoms with Gasteiger partial charge in [0.05, 0.1) is 31.6 Å². The zero-order chi connectivity index (χ0) is 21.2. The number of benzene rings is 2. The quantitative estimate of drug-likeness (QED) is 0.535. The second kappa shape index (κ2) is 11.2.